The SMILES string of the molecule is Cn1c(C(=O)N2CCC(C3CCC(O)CC3)CC(=O)C2)nc2c(C3CC3)cc(C3CC3)cc21. The van der Waals surface area contributed by atoms with Gasteiger partial charge in [-0.1, -0.05) is 6.07 Å². The Kier molecular flexibility index (Phi) is 5.32. The molecule has 1 unspecified atom stereocenters. The van der Waals surface area contributed by atoms with Crippen molar-refractivity contribution < 1.29 is 14.7 Å². The molecule has 6 nitrogen and oxygen atoms in total. The highest BCUT2D eigenvalue weighted by Crippen LogP contribution is 2.47. The molecular formula is C27H35N3O3. The summed E-state index contributed by atoms with van der Waals surface area (Å²) in [5.74, 6) is 2.57. The Hall–Kier alpha value is -2.21. The van der Waals surface area contributed by atoms with Crippen LogP contribution in [-0.2, 0) is 11.8 Å². The van der Waals surface area contributed by atoms with Gasteiger partial charge in [-0.3, -0.25) is 9.59 Å². The first-order valence-corrected chi connectivity index (χ1v) is 13.0. The largest absolute Gasteiger partial charge is 0.393 e. The predicted octanol–water partition coefficient (Wildman–Crippen LogP) is 4.30. The number of carbonyl (C=O) groups excluding carboxylic acids is 2. The van der Waals surface area contributed by atoms with Gasteiger partial charge in [-0.25, -0.2) is 4.98 Å². The number of fused-ring (bicyclic) bond motifs is 1. The molecule has 4 aliphatic rings. The van der Waals surface area contributed by atoms with Gasteiger partial charge in [0.15, 0.2) is 11.6 Å². The number of hydrogen-bond donors (Lipinski definition) is 1. The number of amides is 1. The van der Waals surface area contributed by atoms with E-state index in [2.05, 4.69) is 12.1 Å². The van der Waals surface area contributed by atoms with E-state index in [9.17, 15) is 14.7 Å². The summed E-state index contributed by atoms with van der Waals surface area (Å²) in [6, 6.07) is 4.59. The number of imidazole rings is 1. The number of nitrogens with zero attached hydrogens (tertiary/aromatic N) is 3. The maximum Gasteiger partial charge on any atom is 0.290 e. The lowest BCUT2D eigenvalue weighted by atomic mass is 9.76. The van der Waals surface area contributed by atoms with Crippen LogP contribution in [0, 0.1) is 11.8 Å². The number of carbonyl (C=O) groups is 2. The number of aliphatic hydroxyl groups is 1. The van der Waals surface area contributed by atoms with Gasteiger partial charge in [0.2, 0.25) is 0 Å². The van der Waals surface area contributed by atoms with Gasteiger partial charge in [0.05, 0.1) is 23.7 Å². The van der Waals surface area contributed by atoms with Gasteiger partial charge in [-0.05, 0) is 98.7 Å². The summed E-state index contributed by atoms with van der Waals surface area (Å²) in [4.78, 5) is 33.0. The number of Topliss-reactive ketones (excluding diaryl/α,β-unsaturated/α-hetero) is 1. The first-order valence-electron chi connectivity index (χ1n) is 13.0. The number of aliphatic hydroxyl groups excluding tert-OH is 1. The van der Waals surface area contributed by atoms with E-state index in [4.69, 9.17) is 4.98 Å². The molecule has 4 fully saturated rings. The van der Waals surface area contributed by atoms with Crippen molar-refractivity contribution in [1.29, 1.82) is 0 Å². The van der Waals surface area contributed by atoms with Crippen LogP contribution >= 0.6 is 0 Å². The Morgan fingerprint density at radius 3 is 2.39 bits per heavy atom. The first-order chi connectivity index (χ1) is 16.0. The summed E-state index contributed by atoms with van der Waals surface area (Å²) >= 11 is 0. The maximum absolute atomic E-state index is 13.6. The summed E-state index contributed by atoms with van der Waals surface area (Å²) in [5.41, 5.74) is 4.75. The van der Waals surface area contributed by atoms with Crippen molar-refractivity contribution >= 4 is 22.7 Å². The zero-order valence-electron chi connectivity index (χ0n) is 19.6. The lowest BCUT2D eigenvalue weighted by Gasteiger charge is -2.31. The van der Waals surface area contributed by atoms with Gasteiger partial charge in [-0.15, -0.1) is 0 Å². The van der Waals surface area contributed by atoms with Crippen LogP contribution in [0.15, 0.2) is 12.1 Å². The molecule has 1 amide bonds. The highest BCUT2D eigenvalue weighted by atomic mass is 16.3. The Balaban J connectivity index is 1.25. The monoisotopic (exact) mass is 449 g/mol. The summed E-state index contributed by atoms with van der Waals surface area (Å²) in [7, 11) is 1.95. The summed E-state index contributed by atoms with van der Waals surface area (Å²) in [5, 5.41) is 9.84. The van der Waals surface area contributed by atoms with Crippen LogP contribution in [0.4, 0.5) is 0 Å². The van der Waals surface area contributed by atoms with Crippen LogP contribution in [0.25, 0.3) is 11.0 Å². The second-order valence-electron chi connectivity index (χ2n) is 11.1. The van der Waals surface area contributed by atoms with E-state index in [1.54, 1.807) is 4.90 Å². The Morgan fingerprint density at radius 1 is 0.970 bits per heavy atom. The van der Waals surface area contributed by atoms with Gasteiger partial charge in [-0.2, -0.15) is 0 Å². The van der Waals surface area contributed by atoms with E-state index in [1.165, 1.54) is 36.8 Å². The normalized spacial score (nSPS) is 28.8. The van der Waals surface area contributed by atoms with Crippen molar-refractivity contribution in [2.24, 2.45) is 18.9 Å². The van der Waals surface area contributed by atoms with Crippen LogP contribution in [-0.4, -0.2) is 50.4 Å². The molecule has 176 valence electrons. The van der Waals surface area contributed by atoms with Crippen molar-refractivity contribution in [1.82, 2.24) is 14.5 Å². The molecule has 1 atom stereocenters. The molecule has 0 radical (unpaired) electrons. The number of ketones is 1. The molecule has 3 aliphatic carbocycles. The minimum atomic E-state index is -0.181. The summed E-state index contributed by atoms with van der Waals surface area (Å²) < 4.78 is 1.96. The van der Waals surface area contributed by atoms with Gasteiger partial charge in [0, 0.05) is 20.0 Å². The molecule has 6 heteroatoms. The van der Waals surface area contributed by atoms with E-state index in [1.807, 2.05) is 11.6 Å². The fraction of sp³-hybridized carbons (Fsp3) is 0.667. The molecule has 33 heavy (non-hydrogen) atoms. The topological polar surface area (TPSA) is 75.4 Å². The second-order valence-corrected chi connectivity index (χ2v) is 11.1. The minimum Gasteiger partial charge on any atom is -0.393 e. The third kappa shape index (κ3) is 4.11. The molecule has 1 aromatic carbocycles. The second kappa shape index (κ2) is 8.23. The molecule has 1 N–H and O–H groups in total. The van der Waals surface area contributed by atoms with Gasteiger partial charge in [0.1, 0.15) is 0 Å². The number of likely N-dealkylation sites (tertiary alicyclic amines) is 1. The lowest BCUT2D eigenvalue weighted by molar-refractivity contribution is -0.120. The molecule has 2 aromatic rings. The zero-order valence-corrected chi connectivity index (χ0v) is 19.6. The summed E-state index contributed by atoms with van der Waals surface area (Å²) in [6.07, 6.45) is 9.84. The highest BCUT2D eigenvalue weighted by Gasteiger charge is 2.35. The van der Waals surface area contributed by atoms with Gasteiger partial charge < -0.3 is 14.6 Å². The Labute approximate surface area is 195 Å². The standard InChI is InChI=1S/C27H35N3O3/c1-29-24-14-20(17-2-3-17)13-23(18-4-5-18)25(24)28-26(29)27(33)30-11-10-19(12-22(32)15-30)16-6-8-21(31)9-7-16/h13-14,16-19,21,31H,2-12,15H2,1H3. The number of aryl methyl sites for hydroxylation is 1. The molecule has 6 rings (SSSR count). The van der Waals surface area contributed by atoms with E-state index in [0.29, 0.717) is 42.5 Å². The fourth-order valence-corrected chi connectivity index (χ4v) is 6.25. The molecule has 1 aliphatic heterocycles. The van der Waals surface area contributed by atoms with Crippen LogP contribution < -0.4 is 0 Å². The molecule has 2 heterocycles. The third-order valence-corrected chi connectivity index (χ3v) is 8.62. The van der Waals surface area contributed by atoms with Gasteiger partial charge >= 0.3 is 0 Å². The Morgan fingerprint density at radius 2 is 1.70 bits per heavy atom. The van der Waals surface area contributed by atoms with Crippen molar-refractivity contribution in [3.05, 3.63) is 29.1 Å². The van der Waals surface area contributed by atoms with E-state index < -0.39 is 0 Å². The maximum atomic E-state index is 13.6. The third-order valence-electron chi connectivity index (χ3n) is 8.62. The Bertz CT molecular complexity index is 1090. The smallest absolute Gasteiger partial charge is 0.290 e. The molecular weight excluding hydrogens is 414 g/mol. The van der Waals surface area contributed by atoms with Crippen LogP contribution in [0.5, 0.6) is 0 Å². The first kappa shape index (κ1) is 21.3. The molecule has 1 aromatic heterocycles. The number of rotatable bonds is 4. The average molecular weight is 450 g/mol. The van der Waals surface area contributed by atoms with Crippen LogP contribution in [0.2, 0.25) is 0 Å². The van der Waals surface area contributed by atoms with E-state index in [0.717, 1.165) is 43.1 Å². The van der Waals surface area contributed by atoms with Crippen molar-refractivity contribution in [3.63, 3.8) is 0 Å². The molecule has 1 saturated heterocycles. The lowest BCUT2D eigenvalue weighted by Crippen LogP contribution is -2.36. The molecule has 0 spiro atoms. The fourth-order valence-electron chi connectivity index (χ4n) is 6.25. The minimum absolute atomic E-state index is 0.114. The van der Waals surface area contributed by atoms with E-state index >= 15 is 0 Å². The quantitative estimate of drug-likeness (QED) is 0.755. The number of benzene rings is 1. The molecule has 3 saturated carbocycles. The number of hydrogen-bond acceptors (Lipinski definition) is 4. The average Bonchev–Trinajstić information content (AvgIpc) is 3.70. The van der Waals surface area contributed by atoms with Crippen molar-refractivity contribution in [3.8, 4) is 0 Å². The zero-order chi connectivity index (χ0) is 22.7. The molecule has 0 bridgehead atoms. The van der Waals surface area contributed by atoms with Crippen LogP contribution in [0.1, 0.15) is 97.8 Å². The van der Waals surface area contributed by atoms with Crippen LogP contribution in [0.3, 0.4) is 0 Å². The highest BCUT2D eigenvalue weighted by molar-refractivity contribution is 5.98. The predicted molar refractivity (Wildman–Crippen MR) is 126 cm³/mol. The van der Waals surface area contributed by atoms with E-state index in [-0.39, 0.29) is 24.3 Å². The van der Waals surface area contributed by atoms with Crippen molar-refractivity contribution in [2.75, 3.05) is 13.1 Å². The van der Waals surface area contributed by atoms with Crippen molar-refractivity contribution in [2.45, 2.75) is 82.1 Å². The number of aromatic nitrogens is 2. The summed E-state index contributed by atoms with van der Waals surface area (Å²) in [6.45, 7) is 0.803. The van der Waals surface area contributed by atoms with Gasteiger partial charge in [0.25, 0.3) is 5.91 Å².